The summed E-state index contributed by atoms with van der Waals surface area (Å²) in [5.74, 6) is -1.84. The van der Waals surface area contributed by atoms with Gasteiger partial charge in [-0.25, -0.2) is 9.37 Å². The minimum absolute atomic E-state index is 0.0492. The van der Waals surface area contributed by atoms with Crippen molar-refractivity contribution in [3.63, 3.8) is 0 Å². The molecule has 1 aromatic heterocycles. The predicted octanol–water partition coefficient (Wildman–Crippen LogP) is 3.42. The van der Waals surface area contributed by atoms with Crippen LogP contribution in [-0.4, -0.2) is 10.9 Å². The van der Waals surface area contributed by atoms with Gasteiger partial charge in [0.1, 0.15) is 5.56 Å². The number of amides is 1. The van der Waals surface area contributed by atoms with Gasteiger partial charge in [-0.2, -0.15) is 0 Å². The zero-order valence-corrected chi connectivity index (χ0v) is 10.9. The van der Waals surface area contributed by atoms with Gasteiger partial charge < -0.3 is 10.5 Å². The number of benzene rings is 1. The number of hydrogen-bond acceptors (Lipinski definition) is 3. The van der Waals surface area contributed by atoms with E-state index >= 15 is 0 Å². The van der Waals surface area contributed by atoms with E-state index in [-0.39, 0.29) is 27.2 Å². The molecular formula is C12H7Cl2FN2O2. The molecule has 0 fully saturated rings. The van der Waals surface area contributed by atoms with E-state index in [1.165, 1.54) is 30.5 Å². The number of primary amides is 1. The Bertz CT molecular complexity index is 650. The fourth-order valence-corrected chi connectivity index (χ4v) is 1.68. The Balaban J connectivity index is 2.44. The third kappa shape index (κ3) is 2.94. The van der Waals surface area contributed by atoms with Crippen LogP contribution in [0.15, 0.2) is 30.5 Å². The first-order chi connectivity index (χ1) is 8.99. The molecule has 0 unspecified atom stereocenters. The molecule has 0 radical (unpaired) electrons. The summed E-state index contributed by atoms with van der Waals surface area (Å²) in [6.07, 6.45) is 1.26. The number of nitrogens with zero attached hydrogens (tertiary/aromatic N) is 1. The Morgan fingerprint density at radius 1 is 1.37 bits per heavy atom. The normalized spacial score (nSPS) is 10.3. The van der Waals surface area contributed by atoms with Crippen LogP contribution in [0.4, 0.5) is 4.39 Å². The molecule has 0 bridgehead atoms. The van der Waals surface area contributed by atoms with Crippen LogP contribution in [0.3, 0.4) is 0 Å². The second-order valence-corrected chi connectivity index (χ2v) is 4.37. The van der Waals surface area contributed by atoms with Gasteiger partial charge in [0.25, 0.3) is 5.91 Å². The molecule has 7 heteroatoms. The molecule has 0 aliphatic rings. The molecule has 0 aliphatic heterocycles. The number of aromatic nitrogens is 1. The zero-order chi connectivity index (χ0) is 14.0. The molecule has 0 aliphatic carbocycles. The summed E-state index contributed by atoms with van der Waals surface area (Å²) in [5, 5.41) is 0.111. The second-order valence-electron chi connectivity index (χ2n) is 3.52. The Kier molecular flexibility index (Phi) is 3.87. The molecular weight excluding hydrogens is 294 g/mol. The highest BCUT2D eigenvalue weighted by Crippen LogP contribution is 2.30. The van der Waals surface area contributed by atoms with Crippen LogP contribution in [-0.2, 0) is 0 Å². The fourth-order valence-electron chi connectivity index (χ4n) is 1.35. The van der Waals surface area contributed by atoms with Crippen LogP contribution in [0.5, 0.6) is 11.6 Å². The summed E-state index contributed by atoms with van der Waals surface area (Å²) in [7, 11) is 0. The van der Waals surface area contributed by atoms with Gasteiger partial charge in [-0.1, -0.05) is 29.3 Å². The Morgan fingerprint density at radius 3 is 2.79 bits per heavy atom. The van der Waals surface area contributed by atoms with Crippen molar-refractivity contribution < 1.29 is 13.9 Å². The highest BCUT2D eigenvalue weighted by Gasteiger charge is 2.15. The molecule has 1 amide bonds. The summed E-state index contributed by atoms with van der Waals surface area (Å²) in [4.78, 5) is 15.0. The van der Waals surface area contributed by atoms with Crippen molar-refractivity contribution in [3.05, 3.63) is 51.9 Å². The number of nitrogens with two attached hydrogens (primary N) is 1. The zero-order valence-electron chi connectivity index (χ0n) is 9.36. The van der Waals surface area contributed by atoms with E-state index in [9.17, 15) is 9.18 Å². The maximum atomic E-state index is 13.7. The van der Waals surface area contributed by atoms with E-state index < -0.39 is 11.7 Å². The van der Waals surface area contributed by atoms with Crippen molar-refractivity contribution in [1.29, 1.82) is 0 Å². The van der Waals surface area contributed by atoms with Gasteiger partial charge in [0.2, 0.25) is 5.88 Å². The SMILES string of the molecule is NC(=O)c1cc(Cl)cnc1Oc1cccc(Cl)c1F. The van der Waals surface area contributed by atoms with Gasteiger partial charge in [0.05, 0.1) is 10.0 Å². The molecule has 98 valence electrons. The minimum Gasteiger partial charge on any atom is -0.435 e. The molecule has 2 N–H and O–H groups in total. The first kappa shape index (κ1) is 13.6. The lowest BCUT2D eigenvalue weighted by atomic mass is 10.2. The predicted molar refractivity (Wildman–Crippen MR) is 69.2 cm³/mol. The Morgan fingerprint density at radius 2 is 2.11 bits per heavy atom. The van der Waals surface area contributed by atoms with E-state index in [4.69, 9.17) is 33.7 Å². The van der Waals surface area contributed by atoms with Gasteiger partial charge in [-0.05, 0) is 18.2 Å². The highest BCUT2D eigenvalue weighted by molar-refractivity contribution is 6.31. The average Bonchev–Trinajstić information content (AvgIpc) is 2.36. The van der Waals surface area contributed by atoms with Crippen LogP contribution in [0.1, 0.15) is 10.4 Å². The van der Waals surface area contributed by atoms with Crippen molar-refractivity contribution >= 4 is 29.1 Å². The maximum Gasteiger partial charge on any atom is 0.254 e. The van der Waals surface area contributed by atoms with Crippen molar-refractivity contribution in [2.24, 2.45) is 5.73 Å². The van der Waals surface area contributed by atoms with Gasteiger partial charge >= 0.3 is 0 Å². The van der Waals surface area contributed by atoms with Crippen LogP contribution in [0.2, 0.25) is 10.0 Å². The number of carbonyl (C=O) groups is 1. The fraction of sp³-hybridized carbons (Fsp3) is 0. The molecule has 0 saturated carbocycles. The Hall–Kier alpha value is -1.85. The van der Waals surface area contributed by atoms with Crippen molar-refractivity contribution in [2.45, 2.75) is 0 Å². The number of hydrogen-bond donors (Lipinski definition) is 1. The van der Waals surface area contributed by atoms with Gasteiger partial charge in [0.15, 0.2) is 11.6 Å². The van der Waals surface area contributed by atoms with E-state index in [1.807, 2.05) is 0 Å². The lowest BCUT2D eigenvalue weighted by molar-refractivity contribution is 0.0997. The lowest BCUT2D eigenvalue weighted by Crippen LogP contribution is -2.13. The summed E-state index contributed by atoms with van der Waals surface area (Å²) >= 11 is 11.3. The quantitative estimate of drug-likeness (QED) is 0.944. The van der Waals surface area contributed by atoms with Crippen molar-refractivity contribution in [1.82, 2.24) is 4.98 Å². The smallest absolute Gasteiger partial charge is 0.254 e. The number of halogens is 3. The molecule has 0 atom stereocenters. The first-order valence-corrected chi connectivity index (χ1v) is 5.82. The van der Waals surface area contributed by atoms with E-state index in [0.717, 1.165) is 0 Å². The lowest BCUT2D eigenvalue weighted by Gasteiger charge is -2.09. The molecule has 19 heavy (non-hydrogen) atoms. The van der Waals surface area contributed by atoms with Crippen molar-refractivity contribution in [3.8, 4) is 11.6 Å². The van der Waals surface area contributed by atoms with E-state index in [0.29, 0.717) is 0 Å². The molecule has 2 rings (SSSR count). The maximum absolute atomic E-state index is 13.7. The third-order valence-corrected chi connectivity index (χ3v) is 2.70. The highest BCUT2D eigenvalue weighted by atomic mass is 35.5. The van der Waals surface area contributed by atoms with E-state index in [2.05, 4.69) is 4.98 Å². The summed E-state index contributed by atoms with van der Waals surface area (Å²) in [5.41, 5.74) is 5.12. The number of pyridine rings is 1. The van der Waals surface area contributed by atoms with E-state index in [1.54, 1.807) is 0 Å². The summed E-state index contributed by atoms with van der Waals surface area (Å²) in [6.45, 7) is 0. The summed E-state index contributed by atoms with van der Waals surface area (Å²) in [6, 6.07) is 5.51. The molecule has 0 saturated heterocycles. The number of carbonyl (C=O) groups excluding carboxylic acids is 1. The molecule has 1 heterocycles. The van der Waals surface area contributed by atoms with Crippen LogP contribution in [0, 0.1) is 5.82 Å². The minimum atomic E-state index is -0.785. The Labute approximate surface area is 117 Å². The molecule has 2 aromatic rings. The van der Waals surface area contributed by atoms with Crippen molar-refractivity contribution in [2.75, 3.05) is 0 Å². The largest absolute Gasteiger partial charge is 0.435 e. The average molecular weight is 301 g/mol. The monoisotopic (exact) mass is 300 g/mol. The summed E-state index contributed by atoms with van der Waals surface area (Å²) < 4.78 is 18.9. The molecule has 4 nitrogen and oxygen atoms in total. The van der Waals surface area contributed by atoms with Crippen LogP contribution in [0.25, 0.3) is 0 Å². The second kappa shape index (κ2) is 5.42. The van der Waals surface area contributed by atoms with Crippen LogP contribution >= 0.6 is 23.2 Å². The third-order valence-electron chi connectivity index (χ3n) is 2.21. The molecule has 0 spiro atoms. The first-order valence-electron chi connectivity index (χ1n) is 5.06. The molecule has 1 aromatic carbocycles. The van der Waals surface area contributed by atoms with Gasteiger partial charge in [0, 0.05) is 6.20 Å². The van der Waals surface area contributed by atoms with Gasteiger partial charge in [-0.15, -0.1) is 0 Å². The number of rotatable bonds is 3. The van der Waals surface area contributed by atoms with Gasteiger partial charge in [-0.3, -0.25) is 4.79 Å². The standard InChI is InChI=1S/C12H7Cl2FN2O2/c13-6-4-7(11(16)18)12(17-5-6)19-9-3-1-2-8(14)10(9)15/h1-5H,(H2,16,18). The van der Waals surface area contributed by atoms with Crippen LogP contribution < -0.4 is 10.5 Å². The number of ether oxygens (including phenoxy) is 1. The topological polar surface area (TPSA) is 65.2 Å².